The zero-order valence-electron chi connectivity index (χ0n) is 10.2. The molecule has 16 heavy (non-hydrogen) atoms. The third kappa shape index (κ3) is 1.79. The first-order chi connectivity index (χ1) is 7.36. The van der Waals surface area contributed by atoms with Crippen LogP contribution in [0.5, 0.6) is 0 Å². The van der Waals surface area contributed by atoms with Crippen molar-refractivity contribution in [2.24, 2.45) is 5.73 Å². The second-order valence-electron chi connectivity index (χ2n) is 5.10. The normalized spacial score (nSPS) is 22.7. The van der Waals surface area contributed by atoms with Gasteiger partial charge in [-0.3, -0.25) is 0 Å². The summed E-state index contributed by atoms with van der Waals surface area (Å²) in [6.07, 6.45) is 0. The minimum atomic E-state index is -0.440. The van der Waals surface area contributed by atoms with Gasteiger partial charge >= 0.3 is 7.12 Å². The van der Waals surface area contributed by atoms with Gasteiger partial charge in [0.05, 0.1) is 17.7 Å². The average molecular weight is 223 g/mol. The Bertz CT molecular complexity index is 370. The van der Waals surface area contributed by atoms with Crippen LogP contribution >= 0.6 is 0 Å². The van der Waals surface area contributed by atoms with Gasteiger partial charge in [0.25, 0.3) is 0 Å². The first-order valence-electron chi connectivity index (χ1n) is 5.50. The van der Waals surface area contributed by atoms with E-state index in [9.17, 15) is 0 Å². The molecular formula is C11H18BNO3. The van der Waals surface area contributed by atoms with E-state index >= 15 is 0 Å². The number of hydrogen-bond donors (Lipinski definition) is 1. The van der Waals surface area contributed by atoms with Crippen LogP contribution in [0.2, 0.25) is 0 Å². The Morgan fingerprint density at radius 1 is 1.12 bits per heavy atom. The van der Waals surface area contributed by atoms with Gasteiger partial charge in [0.2, 0.25) is 0 Å². The van der Waals surface area contributed by atoms with Gasteiger partial charge in [-0.1, -0.05) is 0 Å². The molecule has 0 unspecified atom stereocenters. The second kappa shape index (κ2) is 3.62. The molecule has 2 rings (SSSR count). The molecule has 2 N–H and O–H groups in total. The van der Waals surface area contributed by atoms with E-state index in [1.165, 1.54) is 0 Å². The molecule has 1 fully saturated rings. The monoisotopic (exact) mass is 223 g/mol. The van der Waals surface area contributed by atoms with Crippen LogP contribution in [-0.2, 0) is 15.9 Å². The van der Waals surface area contributed by atoms with Crippen molar-refractivity contribution in [3.63, 3.8) is 0 Å². The van der Waals surface area contributed by atoms with Crippen molar-refractivity contribution in [2.75, 3.05) is 0 Å². The first-order valence-corrected chi connectivity index (χ1v) is 5.50. The Kier molecular flexibility index (Phi) is 2.65. The average Bonchev–Trinajstić information content (AvgIpc) is 2.70. The fourth-order valence-corrected chi connectivity index (χ4v) is 1.59. The molecule has 0 saturated carbocycles. The van der Waals surface area contributed by atoms with Gasteiger partial charge in [-0.15, -0.1) is 0 Å². The quantitative estimate of drug-likeness (QED) is 0.761. The highest BCUT2D eigenvalue weighted by molar-refractivity contribution is 6.60. The van der Waals surface area contributed by atoms with Crippen molar-refractivity contribution in [1.29, 1.82) is 0 Å². The maximum absolute atomic E-state index is 5.85. The topological polar surface area (TPSA) is 57.6 Å². The fourth-order valence-electron chi connectivity index (χ4n) is 1.59. The molecule has 0 atom stereocenters. The second-order valence-corrected chi connectivity index (χ2v) is 5.10. The van der Waals surface area contributed by atoms with E-state index in [-0.39, 0.29) is 11.2 Å². The smallest absolute Gasteiger partial charge is 0.468 e. The highest BCUT2D eigenvalue weighted by atomic mass is 16.7. The lowest BCUT2D eigenvalue weighted by atomic mass is 9.86. The van der Waals surface area contributed by atoms with Gasteiger partial charge < -0.3 is 19.5 Å². The SMILES string of the molecule is CC1(C)OB(c2ccc(CN)o2)OC1(C)C. The summed E-state index contributed by atoms with van der Waals surface area (Å²) in [5.41, 5.74) is 5.49. The molecule has 0 bridgehead atoms. The molecule has 1 aromatic rings. The predicted octanol–water partition coefficient (Wildman–Crippen LogP) is 1.04. The third-order valence-electron chi connectivity index (χ3n) is 3.37. The highest BCUT2D eigenvalue weighted by Crippen LogP contribution is 2.36. The van der Waals surface area contributed by atoms with E-state index in [0.29, 0.717) is 12.2 Å². The summed E-state index contributed by atoms with van der Waals surface area (Å²) < 4.78 is 17.2. The van der Waals surface area contributed by atoms with Crippen molar-refractivity contribution >= 4 is 12.8 Å². The number of hydrogen-bond acceptors (Lipinski definition) is 4. The van der Waals surface area contributed by atoms with Crippen LogP contribution in [0, 0.1) is 0 Å². The fraction of sp³-hybridized carbons (Fsp3) is 0.636. The predicted molar refractivity (Wildman–Crippen MR) is 62.3 cm³/mol. The summed E-state index contributed by atoms with van der Waals surface area (Å²) in [5.74, 6) is 0.740. The van der Waals surface area contributed by atoms with E-state index in [4.69, 9.17) is 19.5 Å². The van der Waals surface area contributed by atoms with Crippen molar-refractivity contribution in [2.45, 2.75) is 45.4 Å². The van der Waals surface area contributed by atoms with Crippen molar-refractivity contribution in [3.05, 3.63) is 17.9 Å². The maximum atomic E-state index is 5.85. The molecule has 0 aromatic carbocycles. The molecule has 5 heteroatoms. The lowest BCUT2D eigenvalue weighted by Gasteiger charge is -2.32. The molecule has 1 aliphatic heterocycles. The van der Waals surface area contributed by atoms with Gasteiger partial charge in [0, 0.05) is 0 Å². The van der Waals surface area contributed by atoms with Gasteiger partial charge in [-0.25, -0.2) is 0 Å². The largest absolute Gasteiger partial charge is 0.532 e. The van der Waals surface area contributed by atoms with Crippen LogP contribution in [-0.4, -0.2) is 18.3 Å². The van der Waals surface area contributed by atoms with Crippen molar-refractivity contribution in [3.8, 4) is 0 Å². The molecule has 1 aliphatic rings. The minimum absolute atomic E-state index is 0.340. The van der Waals surface area contributed by atoms with Crippen LogP contribution in [0.1, 0.15) is 33.5 Å². The number of furan rings is 1. The van der Waals surface area contributed by atoms with E-state index in [1.54, 1.807) is 0 Å². The van der Waals surface area contributed by atoms with E-state index < -0.39 is 7.12 Å². The van der Waals surface area contributed by atoms with Crippen LogP contribution in [0.25, 0.3) is 0 Å². The number of rotatable bonds is 2. The van der Waals surface area contributed by atoms with Gasteiger partial charge in [0.1, 0.15) is 11.4 Å². The van der Waals surface area contributed by atoms with Crippen molar-refractivity contribution in [1.82, 2.24) is 0 Å². The molecule has 0 radical (unpaired) electrons. The summed E-state index contributed by atoms with van der Waals surface area (Å²) in [5, 5.41) is 0. The van der Waals surface area contributed by atoms with E-state index in [1.807, 2.05) is 39.8 Å². The lowest BCUT2D eigenvalue weighted by Crippen LogP contribution is -2.41. The molecule has 0 aliphatic carbocycles. The van der Waals surface area contributed by atoms with E-state index in [0.717, 1.165) is 5.76 Å². The lowest BCUT2D eigenvalue weighted by molar-refractivity contribution is 0.00578. The summed E-state index contributed by atoms with van der Waals surface area (Å²) in [6.45, 7) is 8.44. The molecule has 88 valence electrons. The summed E-state index contributed by atoms with van der Waals surface area (Å²) in [6, 6.07) is 3.70. The standard InChI is InChI=1S/C11H18BNO3/c1-10(2)11(3,4)16-12(15-10)9-6-5-8(7-13)14-9/h5-6H,7,13H2,1-4H3. The molecule has 0 amide bonds. The minimum Gasteiger partial charge on any atom is -0.468 e. The molecule has 0 spiro atoms. The zero-order valence-corrected chi connectivity index (χ0v) is 10.2. The first kappa shape index (κ1) is 11.7. The molecule has 1 saturated heterocycles. The Hall–Kier alpha value is -0.775. The summed E-state index contributed by atoms with van der Waals surface area (Å²) in [4.78, 5) is 0. The molecular weight excluding hydrogens is 205 g/mol. The van der Waals surface area contributed by atoms with Gasteiger partial charge in [0.15, 0.2) is 0 Å². The summed E-state index contributed by atoms with van der Waals surface area (Å²) in [7, 11) is -0.440. The zero-order chi connectivity index (χ0) is 12.0. The Morgan fingerprint density at radius 3 is 2.12 bits per heavy atom. The van der Waals surface area contributed by atoms with Crippen LogP contribution < -0.4 is 11.4 Å². The number of nitrogens with two attached hydrogens (primary N) is 1. The highest BCUT2D eigenvalue weighted by Gasteiger charge is 2.53. The maximum Gasteiger partial charge on any atom is 0.532 e. The van der Waals surface area contributed by atoms with Gasteiger partial charge in [-0.2, -0.15) is 0 Å². The Morgan fingerprint density at radius 2 is 1.69 bits per heavy atom. The third-order valence-corrected chi connectivity index (χ3v) is 3.37. The summed E-state index contributed by atoms with van der Waals surface area (Å²) >= 11 is 0. The van der Waals surface area contributed by atoms with Crippen LogP contribution in [0.4, 0.5) is 0 Å². The van der Waals surface area contributed by atoms with Crippen LogP contribution in [0.3, 0.4) is 0 Å². The van der Waals surface area contributed by atoms with Crippen LogP contribution in [0.15, 0.2) is 16.5 Å². The van der Waals surface area contributed by atoms with E-state index in [2.05, 4.69) is 0 Å². The van der Waals surface area contributed by atoms with Gasteiger partial charge in [-0.05, 0) is 39.8 Å². The van der Waals surface area contributed by atoms with Crippen molar-refractivity contribution < 1.29 is 13.7 Å². The Labute approximate surface area is 96.2 Å². The molecule has 2 heterocycles. The molecule has 1 aromatic heterocycles. The Balaban J connectivity index is 2.20. The molecule has 4 nitrogen and oxygen atoms in total.